The van der Waals surface area contributed by atoms with Crippen molar-refractivity contribution in [1.29, 1.82) is 0 Å². The predicted octanol–water partition coefficient (Wildman–Crippen LogP) is 2.91. The molecule has 0 aliphatic heterocycles. The van der Waals surface area contributed by atoms with Crippen LogP contribution in [0.15, 0.2) is 24.3 Å². The van der Waals surface area contributed by atoms with E-state index in [1.54, 1.807) is 11.9 Å². The largest absolute Gasteiger partial charge is 0.378 e. The fourth-order valence-electron chi connectivity index (χ4n) is 2.98. The van der Waals surface area contributed by atoms with E-state index in [-0.39, 0.29) is 29.8 Å². The van der Waals surface area contributed by atoms with E-state index in [1.165, 1.54) is 5.56 Å². The third-order valence-electron chi connectivity index (χ3n) is 4.94. The van der Waals surface area contributed by atoms with Crippen molar-refractivity contribution in [3.8, 4) is 0 Å². The zero-order valence-electron chi connectivity index (χ0n) is 14.1. The van der Waals surface area contributed by atoms with Crippen molar-refractivity contribution in [3.63, 3.8) is 0 Å². The lowest BCUT2D eigenvalue weighted by Gasteiger charge is -2.58. The number of amides is 1. The van der Waals surface area contributed by atoms with Gasteiger partial charge in [-0.2, -0.15) is 0 Å². The van der Waals surface area contributed by atoms with Gasteiger partial charge in [-0.3, -0.25) is 4.79 Å². The molecule has 2 rings (SSSR count). The molecule has 2 atom stereocenters. The number of benzene rings is 1. The van der Waals surface area contributed by atoms with Gasteiger partial charge in [0.2, 0.25) is 5.91 Å². The second kappa shape index (κ2) is 6.57. The Bertz CT molecular complexity index is 530. The van der Waals surface area contributed by atoms with E-state index >= 15 is 0 Å². The number of anilines is 1. The summed E-state index contributed by atoms with van der Waals surface area (Å²) in [5.74, 6) is -0.0488. The first-order valence-electron chi connectivity index (χ1n) is 7.49. The SMILES string of the molecule is CCOC1CC(N)(C(=O)N(C)c2ccc(C)cc2)C1(C)C.Cl. The van der Waals surface area contributed by atoms with Crippen LogP contribution in [0.2, 0.25) is 0 Å². The van der Waals surface area contributed by atoms with Crippen molar-refractivity contribution in [3.05, 3.63) is 29.8 Å². The second-order valence-electron chi connectivity index (χ2n) is 6.54. The molecule has 1 aliphatic rings. The number of likely N-dealkylation sites (N-methyl/N-ethyl adjacent to an activating group) is 1. The smallest absolute Gasteiger partial charge is 0.247 e. The Balaban J connectivity index is 0.00000242. The van der Waals surface area contributed by atoms with Crippen LogP contribution in [0.1, 0.15) is 32.8 Å². The molecule has 1 fully saturated rings. The Morgan fingerprint density at radius 1 is 1.36 bits per heavy atom. The maximum atomic E-state index is 12.8. The van der Waals surface area contributed by atoms with Crippen LogP contribution in [0, 0.1) is 12.3 Å². The molecule has 0 saturated heterocycles. The van der Waals surface area contributed by atoms with Crippen LogP contribution in [0.4, 0.5) is 5.69 Å². The minimum atomic E-state index is -0.869. The topological polar surface area (TPSA) is 55.6 Å². The molecule has 2 unspecified atom stereocenters. The van der Waals surface area contributed by atoms with Gasteiger partial charge in [0.05, 0.1) is 6.10 Å². The highest BCUT2D eigenvalue weighted by molar-refractivity contribution is 6.01. The van der Waals surface area contributed by atoms with Gasteiger partial charge in [-0.05, 0) is 26.0 Å². The zero-order chi connectivity index (χ0) is 15.8. The Hall–Kier alpha value is -1.10. The minimum Gasteiger partial charge on any atom is -0.378 e. The van der Waals surface area contributed by atoms with Crippen LogP contribution in [0.25, 0.3) is 0 Å². The summed E-state index contributed by atoms with van der Waals surface area (Å²) in [6.45, 7) is 8.66. The first kappa shape index (κ1) is 18.9. The molecule has 1 saturated carbocycles. The summed E-state index contributed by atoms with van der Waals surface area (Å²) in [5, 5.41) is 0. The highest BCUT2D eigenvalue weighted by Crippen LogP contribution is 2.50. The van der Waals surface area contributed by atoms with Gasteiger partial charge in [0.15, 0.2) is 0 Å². The maximum Gasteiger partial charge on any atom is 0.247 e. The molecular weight excluding hydrogens is 300 g/mol. The first-order chi connectivity index (χ1) is 9.74. The highest BCUT2D eigenvalue weighted by atomic mass is 35.5. The average molecular weight is 327 g/mol. The van der Waals surface area contributed by atoms with E-state index in [0.29, 0.717) is 13.0 Å². The standard InChI is InChI=1S/C17H26N2O2.ClH/c1-6-21-14-11-17(18,16(14,3)4)15(20)19(5)13-9-7-12(2)8-10-13;/h7-10,14H,6,11,18H2,1-5H3;1H. The molecule has 2 N–H and O–H groups in total. The van der Waals surface area contributed by atoms with Crippen molar-refractivity contribution in [2.24, 2.45) is 11.1 Å². The second-order valence-corrected chi connectivity index (χ2v) is 6.54. The van der Waals surface area contributed by atoms with Crippen LogP contribution in [-0.2, 0) is 9.53 Å². The number of nitrogens with zero attached hydrogens (tertiary/aromatic N) is 1. The van der Waals surface area contributed by atoms with Crippen molar-refractivity contribution in [1.82, 2.24) is 0 Å². The summed E-state index contributed by atoms with van der Waals surface area (Å²) in [6.07, 6.45) is 0.617. The fourth-order valence-corrected chi connectivity index (χ4v) is 2.98. The van der Waals surface area contributed by atoms with Gasteiger partial charge in [0, 0.05) is 31.2 Å². The lowest BCUT2D eigenvalue weighted by atomic mass is 9.54. The Morgan fingerprint density at radius 2 is 1.91 bits per heavy atom. The van der Waals surface area contributed by atoms with Crippen molar-refractivity contribution in [2.75, 3.05) is 18.6 Å². The van der Waals surface area contributed by atoms with Gasteiger partial charge in [-0.15, -0.1) is 12.4 Å². The van der Waals surface area contributed by atoms with Gasteiger partial charge in [0.1, 0.15) is 5.54 Å². The van der Waals surface area contributed by atoms with Gasteiger partial charge < -0.3 is 15.4 Å². The van der Waals surface area contributed by atoms with Gasteiger partial charge in [0.25, 0.3) is 0 Å². The molecule has 1 aliphatic carbocycles. The molecule has 22 heavy (non-hydrogen) atoms. The number of nitrogens with two attached hydrogens (primary N) is 1. The van der Waals surface area contributed by atoms with Crippen LogP contribution in [0.5, 0.6) is 0 Å². The van der Waals surface area contributed by atoms with E-state index in [0.717, 1.165) is 5.69 Å². The maximum absolute atomic E-state index is 12.8. The summed E-state index contributed by atoms with van der Waals surface area (Å²) in [6, 6.07) is 7.89. The Morgan fingerprint density at radius 3 is 2.36 bits per heavy atom. The summed E-state index contributed by atoms with van der Waals surface area (Å²) >= 11 is 0. The number of halogens is 1. The van der Waals surface area contributed by atoms with E-state index in [9.17, 15) is 4.79 Å². The number of aryl methyl sites for hydroxylation is 1. The van der Waals surface area contributed by atoms with Crippen molar-refractivity contribution in [2.45, 2.75) is 45.8 Å². The molecule has 1 aromatic carbocycles. The molecular formula is C17H27ClN2O2. The van der Waals surface area contributed by atoms with Gasteiger partial charge in [-0.25, -0.2) is 0 Å². The number of rotatable bonds is 4. The third-order valence-corrected chi connectivity index (χ3v) is 4.94. The molecule has 4 nitrogen and oxygen atoms in total. The lowest BCUT2D eigenvalue weighted by Crippen LogP contribution is -2.75. The van der Waals surface area contributed by atoms with E-state index in [2.05, 4.69) is 0 Å². The minimum absolute atomic E-state index is 0. The number of carbonyl (C=O) groups is 1. The predicted molar refractivity (Wildman–Crippen MR) is 92.6 cm³/mol. The molecule has 0 heterocycles. The summed E-state index contributed by atoms with van der Waals surface area (Å²) in [5.41, 5.74) is 7.25. The monoisotopic (exact) mass is 326 g/mol. The van der Waals surface area contributed by atoms with Crippen LogP contribution in [0.3, 0.4) is 0 Å². The number of ether oxygens (including phenoxy) is 1. The molecule has 0 spiro atoms. The van der Waals surface area contributed by atoms with Crippen LogP contribution < -0.4 is 10.6 Å². The van der Waals surface area contributed by atoms with E-state index in [4.69, 9.17) is 10.5 Å². The average Bonchev–Trinajstić information content (AvgIpc) is 2.46. The first-order valence-corrected chi connectivity index (χ1v) is 7.49. The van der Waals surface area contributed by atoms with E-state index < -0.39 is 5.54 Å². The van der Waals surface area contributed by atoms with Crippen LogP contribution in [-0.4, -0.2) is 31.2 Å². The number of hydrogen-bond acceptors (Lipinski definition) is 3. The number of hydrogen-bond donors (Lipinski definition) is 1. The molecule has 0 bridgehead atoms. The molecule has 0 aromatic heterocycles. The van der Waals surface area contributed by atoms with Gasteiger partial charge in [-0.1, -0.05) is 31.5 Å². The quantitative estimate of drug-likeness (QED) is 0.925. The lowest BCUT2D eigenvalue weighted by molar-refractivity contribution is -0.168. The Kier molecular flexibility index (Phi) is 5.66. The van der Waals surface area contributed by atoms with Crippen molar-refractivity contribution < 1.29 is 9.53 Å². The zero-order valence-corrected chi connectivity index (χ0v) is 14.9. The number of carbonyl (C=O) groups excluding carboxylic acids is 1. The molecule has 124 valence electrons. The highest BCUT2D eigenvalue weighted by Gasteiger charge is 2.63. The summed E-state index contributed by atoms with van der Waals surface area (Å²) < 4.78 is 5.69. The normalized spacial score (nSPS) is 25.8. The van der Waals surface area contributed by atoms with E-state index in [1.807, 2.05) is 52.0 Å². The van der Waals surface area contributed by atoms with Gasteiger partial charge >= 0.3 is 0 Å². The van der Waals surface area contributed by atoms with Crippen LogP contribution >= 0.6 is 12.4 Å². The summed E-state index contributed by atoms with van der Waals surface area (Å²) in [7, 11) is 1.78. The molecule has 5 heteroatoms. The summed E-state index contributed by atoms with van der Waals surface area (Å²) in [4.78, 5) is 14.5. The fraction of sp³-hybridized carbons (Fsp3) is 0.588. The third kappa shape index (κ3) is 2.87. The van der Waals surface area contributed by atoms with Crippen molar-refractivity contribution >= 4 is 24.0 Å². The molecule has 1 amide bonds. The molecule has 0 radical (unpaired) electrons. The molecule has 1 aromatic rings. The Labute approximate surface area is 139 Å².